The van der Waals surface area contributed by atoms with E-state index in [4.69, 9.17) is 16.3 Å². The van der Waals surface area contributed by atoms with Crippen LogP contribution < -0.4 is 10.0 Å². The fourth-order valence-electron chi connectivity index (χ4n) is 3.63. The van der Waals surface area contributed by atoms with Gasteiger partial charge in [0.25, 0.3) is 15.9 Å². The lowest BCUT2D eigenvalue weighted by Gasteiger charge is -2.26. The molecule has 1 fully saturated rings. The van der Waals surface area contributed by atoms with Gasteiger partial charge in [0.1, 0.15) is 0 Å². The van der Waals surface area contributed by atoms with Crippen LogP contribution in [-0.4, -0.2) is 45.5 Å². The van der Waals surface area contributed by atoms with Crippen LogP contribution in [0.25, 0.3) is 0 Å². The van der Waals surface area contributed by atoms with Crippen molar-refractivity contribution in [3.63, 3.8) is 0 Å². The van der Waals surface area contributed by atoms with E-state index in [0.717, 1.165) is 38.4 Å². The normalized spacial score (nSPS) is 14.5. The predicted octanol–water partition coefficient (Wildman–Crippen LogP) is 3.90. The van der Waals surface area contributed by atoms with E-state index >= 15 is 0 Å². The lowest BCUT2D eigenvalue weighted by Crippen LogP contribution is -2.35. The van der Waals surface area contributed by atoms with Crippen LogP contribution in [0.15, 0.2) is 77.7 Å². The number of rotatable bonds is 8. The van der Waals surface area contributed by atoms with E-state index in [0.29, 0.717) is 6.54 Å². The fraction of sp³-hybridized carbons (Fsp3) is 0.240. The summed E-state index contributed by atoms with van der Waals surface area (Å²) in [6.45, 7) is 4.59. The maximum Gasteiger partial charge on any atom is 0.261 e. The lowest BCUT2D eigenvalue weighted by molar-refractivity contribution is 0.0342. The van der Waals surface area contributed by atoms with Gasteiger partial charge in [0, 0.05) is 31.9 Å². The topological polar surface area (TPSA) is 87.7 Å². The van der Waals surface area contributed by atoms with Crippen LogP contribution in [0.5, 0.6) is 0 Å². The van der Waals surface area contributed by atoms with E-state index in [1.54, 1.807) is 18.2 Å². The third kappa shape index (κ3) is 6.36. The molecule has 0 spiro atoms. The maximum absolute atomic E-state index is 12.8. The molecule has 34 heavy (non-hydrogen) atoms. The zero-order valence-electron chi connectivity index (χ0n) is 18.5. The number of carbonyl (C=O) groups is 1. The van der Waals surface area contributed by atoms with Gasteiger partial charge < -0.3 is 10.1 Å². The van der Waals surface area contributed by atoms with E-state index < -0.39 is 10.0 Å². The minimum absolute atomic E-state index is 0.132. The molecule has 1 amide bonds. The van der Waals surface area contributed by atoms with Gasteiger partial charge in [0.15, 0.2) is 0 Å². The number of sulfonamides is 1. The Morgan fingerprint density at radius 2 is 1.62 bits per heavy atom. The molecule has 2 N–H and O–H groups in total. The second-order valence-electron chi connectivity index (χ2n) is 8.00. The highest BCUT2D eigenvalue weighted by Gasteiger charge is 2.17. The highest BCUT2D eigenvalue weighted by atomic mass is 35.5. The third-order valence-electron chi connectivity index (χ3n) is 5.50. The minimum atomic E-state index is -3.77. The fourth-order valence-corrected chi connectivity index (χ4v) is 4.91. The van der Waals surface area contributed by atoms with Crippen molar-refractivity contribution in [2.75, 3.05) is 31.0 Å². The second kappa shape index (κ2) is 11.0. The first kappa shape index (κ1) is 24.2. The van der Waals surface area contributed by atoms with Crippen molar-refractivity contribution in [1.29, 1.82) is 0 Å². The number of morpholine rings is 1. The Morgan fingerprint density at radius 1 is 0.941 bits per heavy atom. The molecule has 0 aromatic heterocycles. The zero-order valence-corrected chi connectivity index (χ0v) is 20.1. The van der Waals surface area contributed by atoms with Crippen molar-refractivity contribution in [3.8, 4) is 0 Å². The molecule has 7 nitrogen and oxygen atoms in total. The van der Waals surface area contributed by atoms with Gasteiger partial charge in [-0.15, -0.1) is 0 Å². The molecule has 0 bridgehead atoms. The van der Waals surface area contributed by atoms with Crippen LogP contribution in [0.3, 0.4) is 0 Å². The van der Waals surface area contributed by atoms with E-state index in [1.165, 1.54) is 35.9 Å². The molecular weight excluding hydrogens is 474 g/mol. The monoisotopic (exact) mass is 499 g/mol. The highest BCUT2D eigenvalue weighted by molar-refractivity contribution is 7.92. The number of nitrogens with one attached hydrogen (secondary N) is 2. The number of carbonyl (C=O) groups excluding carboxylic acids is 1. The molecule has 4 rings (SSSR count). The number of hydrogen-bond acceptors (Lipinski definition) is 5. The third-order valence-corrected chi connectivity index (χ3v) is 7.23. The summed E-state index contributed by atoms with van der Waals surface area (Å²) in [6, 6.07) is 20.6. The summed E-state index contributed by atoms with van der Waals surface area (Å²) < 4.78 is 33.0. The number of hydrogen-bond donors (Lipinski definition) is 2. The Hall–Kier alpha value is -2.91. The van der Waals surface area contributed by atoms with Gasteiger partial charge in [0.2, 0.25) is 0 Å². The molecule has 0 saturated carbocycles. The molecule has 1 saturated heterocycles. The summed E-state index contributed by atoms with van der Waals surface area (Å²) >= 11 is 6.22. The number of halogens is 1. The van der Waals surface area contributed by atoms with Crippen molar-refractivity contribution < 1.29 is 17.9 Å². The van der Waals surface area contributed by atoms with Gasteiger partial charge in [-0.1, -0.05) is 54.1 Å². The average Bonchev–Trinajstić information content (AvgIpc) is 2.85. The van der Waals surface area contributed by atoms with Crippen LogP contribution in [-0.2, 0) is 27.8 Å². The lowest BCUT2D eigenvalue weighted by atomic mass is 10.1. The molecule has 0 aliphatic carbocycles. The number of amides is 1. The summed E-state index contributed by atoms with van der Waals surface area (Å²) in [4.78, 5) is 15.2. The Balaban J connectivity index is 1.37. The predicted molar refractivity (Wildman–Crippen MR) is 132 cm³/mol. The van der Waals surface area contributed by atoms with E-state index in [2.05, 4.69) is 27.1 Å². The first-order chi connectivity index (χ1) is 16.4. The molecule has 178 valence electrons. The molecule has 0 unspecified atom stereocenters. The summed E-state index contributed by atoms with van der Waals surface area (Å²) in [5, 5.41) is 3.09. The van der Waals surface area contributed by atoms with Crippen LogP contribution in [0.1, 0.15) is 21.5 Å². The highest BCUT2D eigenvalue weighted by Crippen LogP contribution is 2.23. The van der Waals surface area contributed by atoms with E-state index in [9.17, 15) is 13.2 Å². The smallest absolute Gasteiger partial charge is 0.261 e. The Kier molecular flexibility index (Phi) is 7.84. The van der Waals surface area contributed by atoms with Crippen LogP contribution in [0.4, 0.5) is 5.69 Å². The largest absolute Gasteiger partial charge is 0.379 e. The van der Waals surface area contributed by atoms with Crippen LogP contribution >= 0.6 is 11.6 Å². The Labute approximate surface area is 204 Å². The molecule has 1 aliphatic rings. The molecule has 0 radical (unpaired) electrons. The first-order valence-electron chi connectivity index (χ1n) is 10.9. The molecule has 1 aliphatic heterocycles. The zero-order chi connectivity index (χ0) is 24.0. The number of anilines is 1. The average molecular weight is 500 g/mol. The second-order valence-corrected chi connectivity index (χ2v) is 10.1. The molecule has 1 heterocycles. The van der Waals surface area contributed by atoms with Gasteiger partial charge in [-0.05, 0) is 41.5 Å². The van der Waals surface area contributed by atoms with Gasteiger partial charge in [-0.2, -0.15) is 0 Å². The molecule has 0 atom stereocenters. The summed E-state index contributed by atoms with van der Waals surface area (Å²) in [6.07, 6.45) is 0. The quantitative estimate of drug-likeness (QED) is 0.490. The van der Waals surface area contributed by atoms with Crippen LogP contribution in [0.2, 0.25) is 5.02 Å². The number of benzene rings is 3. The maximum atomic E-state index is 12.8. The summed E-state index contributed by atoms with van der Waals surface area (Å²) in [5.41, 5.74) is 2.61. The number of ether oxygens (including phenoxy) is 1. The Bertz CT molecular complexity index is 1230. The van der Waals surface area contributed by atoms with E-state index in [1.807, 2.05) is 12.1 Å². The van der Waals surface area contributed by atoms with Gasteiger partial charge >= 0.3 is 0 Å². The van der Waals surface area contributed by atoms with Gasteiger partial charge in [-0.3, -0.25) is 14.4 Å². The molecule has 3 aromatic rings. The Morgan fingerprint density at radius 3 is 2.32 bits per heavy atom. The molecular formula is C25H26ClN3O4S. The van der Waals surface area contributed by atoms with Crippen molar-refractivity contribution in [2.45, 2.75) is 18.0 Å². The summed E-state index contributed by atoms with van der Waals surface area (Å²) in [7, 11) is -3.77. The standard InChI is InChI=1S/C25H26ClN3O4S/c26-24-11-10-21(28-34(31,32)22-4-2-1-3-5-22)16-23(24)25(30)27-17-19-6-8-20(9-7-19)18-29-12-14-33-15-13-29/h1-11,16,28H,12-15,17-18H2,(H,27,30). The van der Waals surface area contributed by atoms with E-state index in [-0.39, 0.29) is 27.1 Å². The van der Waals surface area contributed by atoms with Crippen LogP contribution in [0, 0.1) is 0 Å². The van der Waals surface area contributed by atoms with Crippen molar-refractivity contribution in [2.24, 2.45) is 0 Å². The van der Waals surface area contributed by atoms with Crippen molar-refractivity contribution in [3.05, 3.63) is 94.5 Å². The van der Waals surface area contributed by atoms with Crippen molar-refractivity contribution >= 4 is 33.2 Å². The molecule has 9 heteroatoms. The summed E-state index contributed by atoms with van der Waals surface area (Å²) in [5.74, 6) is -0.386. The van der Waals surface area contributed by atoms with Gasteiger partial charge in [-0.25, -0.2) is 8.42 Å². The molecule has 3 aromatic carbocycles. The SMILES string of the molecule is O=C(NCc1ccc(CN2CCOCC2)cc1)c1cc(NS(=O)(=O)c2ccccc2)ccc1Cl. The number of nitrogens with zero attached hydrogens (tertiary/aromatic N) is 1. The van der Waals surface area contributed by atoms with Gasteiger partial charge in [0.05, 0.1) is 28.7 Å². The van der Waals surface area contributed by atoms with Crippen molar-refractivity contribution in [1.82, 2.24) is 10.2 Å². The minimum Gasteiger partial charge on any atom is -0.379 e. The first-order valence-corrected chi connectivity index (χ1v) is 12.8.